The summed E-state index contributed by atoms with van der Waals surface area (Å²) in [4.78, 5) is 21.8. The molecule has 0 bridgehead atoms. The number of anilines is 1. The van der Waals surface area contributed by atoms with Gasteiger partial charge in [-0.2, -0.15) is 0 Å². The van der Waals surface area contributed by atoms with Gasteiger partial charge in [0.05, 0.1) is 6.10 Å². The van der Waals surface area contributed by atoms with Gasteiger partial charge in [0, 0.05) is 11.3 Å². The Morgan fingerprint density at radius 1 is 1.12 bits per heavy atom. The van der Waals surface area contributed by atoms with Crippen LogP contribution in [0.4, 0.5) is 5.69 Å². The maximum atomic E-state index is 11.4. The van der Waals surface area contributed by atoms with Crippen molar-refractivity contribution in [1.29, 1.82) is 0 Å². The minimum Gasteiger partial charge on any atom is -0.508 e. The molecule has 2 rings (SSSR count). The van der Waals surface area contributed by atoms with Crippen molar-refractivity contribution in [1.82, 2.24) is 0 Å². The molecule has 126 valence electrons. The smallest absolute Gasteiger partial charge is 0.312 e. The molecule has 0 aliphatic heterocycles. The first-order valence-electron chi connectivity index (χ1n) is 7.15. The van der Waals surface area contributed by atoms with E-state index in [-0.39, 0.29) is 5.75 Å². The number of carbonyl (C=O) groups is 2. The van der Waals surface area contributed by atoms with Gasteiger partial charge in [-0.3, -0.25) is 9.59 Å². The van der Waals surface area contributed by atoms with Gasteiger partial charge in [0.1, 0.15) is 23.7 Å². The minimum absolute atomic E-state index is 0.0196. The number of carboxylic acids is 1. The zero-order valence-electron chi connectivity index (χ0n) is 12.9. The average molecular weight is 331 g/mol. The maximum absolute atomic E-state index is 11.4. The van der Waals surface area contributed by atoms with E-state index in [1.54, 1.807) is 30.3 Å². The van der Waals surface area contributed by atoms with Crippen molar-refractivity contribution in [3.8, 4) is 17.2 Å². The minimum atomic E-state index is -1.20. The van der Waals surface area contributed by atoms with Gasteiger partial charge in [0.25, 0.3) is 0 Å². The molecule has 0 aliphatic rings. The number of aromatic hydroxyl groups is 1. The van der Waals surface area contributed by atoms with Crippen LogP contribution >= 0.6 is 0 Å². The fraction of sp³-hybridized carbons (Fsp3) is 0.176. The SMILES string of the molecule is CC(O)c1cc(Oc2ccc(NC(=O)CC(=O)O)cc2)ccc1O. The third-order valence-corrected chi connectivity index (χ3v) is 3.13. The summed E-state index contributed by atoms with van der Waals surface area (Å²) in [5.41, 5.74) is 0.800. The second-order valence-corrected chi connectivity index (χ2v) is 5.14. The van der Waals surface area contributed by atoms with Crippen LogP contribution < -0.4 is 10.1 Å². The Morgan fingerprint density at radius 3 is 2.33 bits per heavy atom. The van der Waals surface area contributed by atoms with E-state index >= 15 is 0 Å². The van der Waals surface area contributed by atoms with Crippen LogP contribution in [0.3, 0.4) is 0 Å². The van der Waals surface area contributed by atoms with Crippen LogP contribution in [0.15, 0.2) is 42.5 Å². The summed E-state index contributed by atoms with van der Waals surface area (Å²) in [6.07, 6.45) is -1.44. The van der Waals surface area contributed by atoms with Gasteiger partial charge in [-0.15, -0.1) is 0 Å². The zero-order chi connectivity index (χ0) is 17.7. The van der Waals surface area contributed by atoms with Crippen molar-refractivity contribution < 1.29 is 29.6 Å². The Labute approximate surface area is 138 Å². The Balaban J connectivity index is 2.05. The van der Waals surface area contributed by atoms with Crippen molar-refractivity contribution in [2.75, 3.05) is 5.32 Å². The number of carbonyl (C=O) groups excluding carboxylic acids is 1. The molecule has 0 spiro atoms. The second-order valence-electron chi connectivity index (χ2n) is 5.14. The lowest BCUT2D eigenvalue weighted by molar-refractivity contribution is -0.139. The van der Waals surface area contributed by atoms with Crippen LogP contribution in [0.25, 0.3) is 0 Å². The van der Waals surface area contributed by atoms with E-state index in [9.17, 15) is 19.8 Å². The molecule has 2 aromatic carbocycles. The maximum Gasteiger partial charge on any atom is 0.312 e. The number of rotatable bonds is 6. The summed E-state index contributed by atoms with van der Waals surface area (Å²) < 4.78 is 5.62. The Kier molecular flexibility index (Phi) is 5.39. The first kappa shape index (κ1) is 17.3. The summed E-state index contributed by atoms with van der Waals surface area (Å²) in [6, 6.07) is 10.9. The van der Waals surface area contributed by atoms with Gasteiger partial charge in [0.15, 0.2) is 0 Å². The van der Waals surface area contributed by atoms with Gasteiger partial charge in [-0.05, 0) is 49.4 Å². The molecule has 1 unspecified atom stereocenters. The number of ether oxygens (including phenoxy) is 1. The lowest BCUT2D eigenvalue weighted by Gasteiger charge is -2.11. The zero-order valence-corrected chi connectivity index (χ0v) is 12.9. The monoisotopic (exact) mass is 331 g/mol. The number of nitrogens with one attached hydrogen (secondary N) is 1. The molecule has 0 radical (unpaired) electrons. The molecule has 7 heteroatoms. The highest BCUT2D eigenvalue weighted by Gasteiger charge is 2.10. The lowest BCUT2D eigenvalue weighted by atomic mass is 10.1. The Morgan fingerprint density at radius 2 is 1.75 bits per heavy atom. The first-order chi connectivity index (χ1) is 11.3. The quantitative estimate of drug-likeness (QED) is 0.605. The molecule has 0 saturated heterocycles. The molecule has 24 heavy (non-hydrogen) atoms. The number of hydrogen-bond acceptors (Lipinski definition) is 5. The van der Waals surface area contributed by atoms with Gasteiger partial charge >= 0.3 is 5.97 Å². The first-order valence-corrected chi connectivity index (χ1v) is 7.15. The fourth-order valence-electron chi connectivity index (χ4n) is 2.02. The number of hydrogen-bond donors (Lipinski definition) is 4. The molecule has 2 aromatic rings. The third kappa shape index (κ3) is 4.72. The molecule has 4 N–H and O–H groups in total. The molecule has 1 amide bonds. The highest BCUT2D eigenvalue weighted by atomic mass is 16.5. The number of aliphatic carboxylic acids is 1. The number of amides is 1. The standard InChI is InChI=1S/C17H17NO6/c1-10(19)14-8-13(6-7-15(14)20)24-12-4-2-11(3-5-12)18-16(21)9-17(22)23/h2-8,10,19-20H,9H2,1H3,(H,18,21)(H,22,23). The largest absolute Gasteiger partial charge is 0.508 e. The summed E-state index contributed by atoms with van der Waals surface area (Å²) in [6.45, 7) is 1.54. The van der Waals surface area contributed by atoms with E-state index in [1.807, 2.05) is 0 Å². The summed E-state index contributed by atoms with van der Waals surface area (Å²) in [7, 11) is 0. The average Bonchev–Trinajstić information content (AvgIpc) is 2.50. The molecule has 0 saturated carbocycles. The molecular weight excluding hydrogens is 314 g/mol. The number of aliphatic hydroxyl groups is 1. The van der Waals surface area contributed by atoms with Crippen LogP contribution in [-0.4, -0.2) is 27.2 Å². The van der Waals surface area contributed by atoms with Crippen LogP contribution in [-0.2, 0) is 9.59 Å². The van der Waals surface area contributed by atoms with Crippen LogP contribution in [0.2, 0.25) is 0 Å². The molecule has 7 nitrogen and oxygen atoms in total. The lowest BCUT2D eigenvalue weighted by Crippen LogP contribution is -2.15. The fourth-order valence-corrected chi connectivity index (χ4v) is 2.02. The molecule has 0 aliphatic carbocycles. The number of benzene rings is 2. The van der Waals surface area contributed by atoms with Crippen LogP contribution in [0.5, 0.6) is 17.2 Å². The van der Waals surface area contributed by atoms with E-state index in [0.29, 0.717) is 22.7 Å². The van der Waals surface area contributed by atoms with E-state index in [2.05, 4.69) is 5.32 Å². The summed E-state index contributed by atoms with van der Waals surface area (Å²) in [5.74, 6) is -0.918. The van der Waals surface area contributed by atoms with Crippen LogP contribution in [0.1, 0.15) is 25.0 Å². The molecular formula is C17H17NO6. The Hall–Kier alpha value is -3.06. The Bertz CT molecular complexity index is 739. The van der Waals surface area contributed by atoms with Gasteiger partial charge < -0.3 is 25.4 Å². The highest BCUT2D eigenvalue weighted by molar-refractivity contribution is 6.01. The van der Waals surface area contributed by atoms with E-state index < -0.39 is 24.4 Å². The number of carboxylic acid groups (broad SMARTS) is 1. The molecule has 0 heterocycles. The molecule has 1 atom stereocenters. The highest BCUT2D eigenvalue weighted by Crippen LogP contribution is 2.31. The second kappa shape index (κ2) is 7.47. The van der Waals surface area contributed by atoms with Gasteiger partial charge in [0.2, 0.25) is 5.91 Å². The number of phenols is 1. The van der Waals surface area contributed by atoms with Crippen molar-refractivity contribution in [3.63, 3.8) is 0 Å². The van der Waals surface area contributed by atoms with Crippen molar-refractivity contribution in [2.45, 2.75) is 19.4 Å². The predicted molar refractivity (Wildman–Crippen MR) is 86.1 cm³/mol. The normalized spacial score (nSPS) is 11.6. The van der Waals surface area contributed by atoms with Crippen molar-refractivity contribution in [3.05, 3.63) is 48.0 Å². The third-order valence-electron chi connectivity index (χ3n) is 3.13. The number of phenolic OH excluding ortho intramolecular Hbond substituents is 1. The topological polar surface area (TPSA) is 116 Å². The van der Waals surface area contributed by atoms with Gasteiger partial charge in [-0.1, -0.05) is 0 Å². The summed E-state index contributed by atoms with van der Waals surface area (Å²) >= 11 is 0. The molecule has 0 aromatic heterocycles. The van der Waals surface area contributed by atoms with Gasteiger partial charge in [-0.25, -0.2) is 0 Å². The van der Waals surface area contributed by atoms with Crippen LogP contribution in [0, 0.1) is 0 Å². The molecule has 0 fully saturated rings. The van der Waals surface area contributed by atoms with Crippen molar-refractivity contribution >= 4 is 17.6 Å². The van der Waals surface area contributed by atoms with Crippen molar-refractivity contribution in [2.24, 2.45) is 0 Å². The predicted octanol–water partition coefficient (Wildman–Crippen LogP) is 2.65. The number of aliphatic hydroxyl groups excluding tert-OH is 1. The van der Waals surface area contributed by atoms with E-state index in [0.717, 1.165) is 0 Å². The van der Waals surface area contributed by atoms with E-state index in [1.165, 1.54) is 19.1 Å². The van der Waals surface area contributed by atoms with E-state index in [4.69, 9.17) is 9.84 Å². The summed E-state index contributed by atoms with van der Waals surface area (Å²) in [5, 5.41) is 30.2.